The third kappa shape index (κ3) is 4.43. The zero-order valence-electron chi connectivity index (χ0n) is 9.77. The highest BCUT2D eigenvalue weighted by molar-refractivity contribution is 8.00. The van der Waals surface area contributed by atoms with E-state index in [0.29, 0.717) is 11.8 Å². The number of carbonyl (C=O) groups is 2. The molecule has 0 aromatic carbocycles. The molecule has 1 amide bonds. The van der Waals surface area contributed by atoms with E-state index in [0.717, 1.165) is 31.3 Å². The van der Waals surface area contributed by atoms with Crippen LogP contribution < -0.4 is 5.11 Å². The minimum Gasteiger partial charge on any atom is -0.549 e. The van der Waals surface area contributed by atoms with Gasteiger partial charge in [0, 0.05) is 18.8 Å². The average Bonchev–Trinajstić information content (AvgIpc) is 2.15. The van der Waals surface area contributed by atoms with Crippen molar-refractivity contribution in [1.29, 1.82) is 0 Å². The van der Waals surface area contributed by atoms with Crippen LogP contribution in [0.2, 0.25) is 0 Å². The van der Waals surface area contributed by atoms with E-state index in [1.807, 2.05) is 4.90 Å². The van der Waals surface area contributed by atoms with Crippen LogP contribution in [0.25, 0.3) is 0 Å². The van der Waals surface area contributed by atoms with Gasteiger partial charge in [-0.2, -0.15) is 0 Å². The fraction of sp³-hybridized carbons (Fsp3) is 0.818. The average molecular weight is 244 g/mol. The van der Waals surface area contributed by atoms with Gasteiger partial charge in [-0.05, 0) is 18.3 Å². The predicted molar refractivity (Wildman–Crippen MR) is 61.9 cm³/mol. The van der Waals surface area contributed by atoms with Crippen LogP contribution in [-0.4, -0.2) is 41.4 Å². The third-order valence-corrected chi connectivity index (χ3v) is 3.56. The van der Waals surface area contributed by atoms with Gasteiger partial charge >= 0.3 is 0 Å². The first-order valence-corrected chi connectivity index (χ1v) is 6.70. The molecule has 0 radical (unpaired) electrons. The lowest BCUT2D eigenvalue weighted by molar-refractivity contribution is -0.301. The van der Waals surface area contributed by atoms with Gasteiger partial charge in [-0.25, -0.2) is 0 Å². The Kier molecular flexibility index (Phi) is 5.12. The summed E-state index contributed by atoms with van der Waals surface area (Å²) >= 11 is 1.11. The fourth-order valence-corrected chi connectivity index (χ4v) is 2.81. The van der Waals surface area contributed by atoms with Crippen molar-refractivity contribution < 1.29 is 14.7 Å². The molecule has 1 saturated heterocycles. The van der Waals surface area contributed by atoms with Crippen LogP contribution in [-0.2, 0) is 9.59 Å². The summed E-state index contributed by atoms with van der Waals surface area (Å²) in [6.45, 7) is 5.89. The van der Waals surface area contributed by atoms with E-state index in [-0.39, 0.29) is 17.4 Å². The first-order chi connectivity index (χ1) is 7.49. The maximum absolute atomic E-state index is 11.8. The van der Waals surface area contributed by atoms with Crippen molar-refractivity contribution in [1.82, 2.24) is 4.90 Å². The quantitative estimate of drug-likeness (QED) is 0.697. The summed E-state index contributed by atoms with van der Waals surface area (Å²) in [4.78, 5) is 23.8. The maximum Gasteiger partial charge on any atom is 0.232 e. The molecule has 0 aliphatic carbocycles. The monoisotopic (exact) mass is 244 g/mol. The van der Waals surface area contributed by atoms with Gasteiger partial charge in [-0.3, -0.25) is 4.79 Å². The van der Waals surface area contributed by atoms with Crippen LogP contribution in [0.15, 0.2) is 0 Å². The molecule has 16 heavy (non-hydrogen) atoms. The first kappa shape index (κ1) is 13.4. The van der Waals surface area contributed by atoms with E-state index < -0.39 is 5.97 Å². The number of carbonyl (C=O) groups excluding carboxylic acids is 2. The molecular formula is C11H18NO3S-. The molecule has 1 rings (SSSR count). The highest BCUT2D eigenvalue weighted by atomic mass is 32.2. The van der Waals surface area contributed by atoms with Crippen LogP contribution in [0, 0.1) is 11.8 Å². The van der Waals surface area contributed by atoms with Gasteiger partial charge in [-0.15, -0.1) is 11.8 Å². The van der Waals surface area contributed by atoms with Crippen LogP contribution in [0.3, 0.4) is 0 Å². The molecule has 0 spiro atoms. The Morgan fingerprint density at radius 3 is 2.31 bits per heavy atom. The van der Waals surface area contributed by atoms with Crippen molar-refractivity contribution in [2.45, 2.75) is 20.3 Å². The Bertz CT molecular complexity index is 260. The molecule has 2 atom stereocenters. The first-order valence-electron chi connectivity index (χ1n) is 5.54. The second kappa shape index (κ2) is 6.13. The molecule has 0 aromatic rings. The Morgan fingerprint density at radius 2 is 1.81 bits per heavy atom. The van der Waals surface area contributed by atoms with Gasteiger partial charge in [0.2, 0.25) is 5.91 Å². The fourth-order valence-electron chi connectivity index (χ4n) is 2.18. The maximum atomic E-state index is 11.8. The molecule has 5 heteroatoms. The van der Waals surface area contributed by atoms with Crippen LogP contribution >= 0.6 is 11.8 Å². The molecule has 1 fully saturated rings. The van der Waals surface area contributed by atoms with Crippen molar-refractivity contribution in [3.63, 3.8) is 0 Å². The van der Waals surface area contributed by atoms with E-state index in [1.165, 1.54) is 0 Å². The zero-order chi connectivity index (χ0) is 12.1. The van der Waals surface area contributed by atoms with Crippen molar-refractivity contribution >= 4 is 23.6 Å². The largest absolute Gasteiger partial charge is 0.549 e. The number of hydrogen-bond donors (Lipinski definition) is 0. The number of hydrogen-bond acceptors (Lipinski definition) is 4. The predicted octanol–water partition coefficient (Wildman–Crippen LogP) is -0.0260. The van der Waals surface area contributed by atoms with Crippen LogP contribution in [0.4, 0.5) is 0 Å². The summed E-state index contributed by atoms with van der Waals surface area (Å²) in [5.74, 6) is 0.151. The van der Waals surface area contributed by atoms with Gasteiger partial charge in [0.1, 0.15) is 0 Å². The van der Waals surface area contributed by atoms with Gasteiger partial charge in [0.25, 0.3) is 0 Å². The van der Waals surface area contributed by atoms with E-state index in [4.69, 9.17) is 0 Å². The number of nitrogens with zero attached hydrogens (tertiary/aromatic N) is 1. The second-order valence-corrected chi connectivity index (χ2v) is 5.60. The molecule has 1 aliphatic rings. The zero-order valence-corrected chi connectivity index (χ0v) is 10.6. The third-order valence-electron chi connectivity index (χ3n) is 2.67. The van der Waals surface area contributed by atoms with E-state index in [2.05, 4.69) is 13.8 Å². The summed E-state index contributed by atoms with van der Waals surface area (Å²) in [5, 5.41) is 10.2. The normalized spacial score (nSPS) is 25.5. The number of carboxylic acid groups (broad SMARTS) is 1. The molecule has 1 aliphatic heterocycles. The van der Waals surface area contributed by atoms with E-state index in [1.54, 1.807) is 0 Å². The minimum atomic E-state index is -1.11. The Morgan fingerprint density at radius 1 is 1.25 bits per heavy atom. The summed E-state index contributed by atoms with van der Waals surface area (Å²) in [7, 11) is 0. The van der Waals surface area contributed by atoms with Gasteiger partial charge in [0.15, 0.2) is 0 Å². The summed E-state index contributed by atoms with van der Waals surface area (Å²) in [6.07, 6.45) is 1.16. The number of rotatable bonds is 4. The van der Waals surface area contributed by atoms with Crippen molar-refractivity contribution in [3.05, 3.63) is 0 Å². The molecule has 0 aromatic heterocycles. The summed E-state index contributed by atoms with van der Waals surface area (Å²) in [5.41, 5.74) is 0. The molecule has 0 bridgehead atoms. The van der Waals surface area contributed by atoms with Crippen molar-refractivity contribution in [2.24, 2.45) is 11.8 Å². The van der Waals surface area contributed by atoms with E-state index >= 15 is 0 Å². The highest BCUT2D eigenvalue weighted by Crippen LogP contribution is 2.21. The Labute approximate surface area is 100 Å². The summed E-state index contributed by atoms with van der Waals surface area (Å²) in [6, 6.07) is 0. The minimum absolute atomic E-state index is 0.0460. The van der Waals surface area contributed by atoms with Gasteiger partial charge in [0.05, 0.1) is 11.7 Å². The van der Waals surface area contributed by atoms with E-state index in [9.17, 15) is 14.7 Å². The Hall–Kier alpha value is -0.710. The summed E-state index contributed by atoms with van der Waals surface area (Å²) < 4.78 is 0. The number of amides is 1. The second-order valence-electron chi connectivity index (χ2n) is 4.61. The Balaban J connectivity index is 2.32. The van der Waals surface area contributed by atoms with Crippen molar-refractivity contribution in [3.8, 4) is 0 Å². The molecular weight excluding hydrogens is 226 g/mol. The number of carboxylic acids is 1. The molecule has 4 nitrogen and oxygen atoms in total. The number of aliphatic carboxylic acids is 1. The van der Waals surface area contributed by atoms with Gasteiger partial charge in [-0.1, -0.05) is 13.8 Å². The topological polar surface area (TPSA) is 60.4 Å². The highest BCUT2D eigenvalue weighted by Gasteiger charge is 2.24. The lowest BCUT2D eigenvalue weighted by atomic mass is 9.92. The van der Waals surface area contributed by atoms with Crippen LogP contribution in [0.1, 0.15) is 20.3 Å². The number of likely N-dealkylation sites (tertiary alicyclic amines) is 1. The molecule has 1 heterocycles. The lowest BCUT2D eigenvalue weighted by Gasteiger charge is -2.35. The van der Waals surface area contributed by atoms with Gasteiger partial charge < -0.3 is 14.8 Å². The SMILES string of the molecule is C[C@@H]1C[C@@H](C)CN(C(=O)CSCC(=O)[O-])C1. The smallest absolute Gasteiger partial charge is 0.232 e. The standard InChI is InChI=1S/C11H19NO3S/c1-8-3-9(2)5-12(4-8)10(13)6-16-7-11(14)15/h8-9H,3-7H2,1-2H3,(H,14,15)/p-1/t8-,9-/m1/s1. The number of piperidine rings is 1. The van der Waals surface area contributed by atoms with Crippen molar-refractivity contribution in [2.75, 3.05) is 24.6 Å². The molecule has 0 saturated carbocycles. The lowest BCUT2D eigenvalue weighted by Crippen LogP contribution is -2.43. The molecule has 0 N–H and O–H groups in total. The molecule has 92 valence electrons. The van der Waals surface area contributed by atoms with Crippen LogP contribution in [0.5, 0.6) is 0 Å². The number of thioether (sulfide) groups is 1. The molecule has 0 unspecified atom stereocenters.